The van der Waals surface area contributed by atoms with E-state index in [1.807, 2.05) is 0 Å². The van der Waals surface area contributed by atoms with Gasteiger partial charge in [0.15, 0.2) is 0 Å². The van der Waals surface area contributed by atoms with Crippen LogP contribution in [0, 0.1) is 11.7 Å². The minimum Gasteiger partial charge on any atom is -0.312 e. The highest BCUT2D eigenvalue weighted by Crippen LogP contribution is 2.20. The summed E-state index contributed by atoms with van der Waals surface area (Å²) in [5, 5.41) is 3.34. The van der Waals surface area contributed by atoms with E-state index in [0.717, 1.165) is 31.9 Å². The second-order valence-electron chi connectivity index (χ2n) is 5.15. The van der Waals surface area contributed by atoms with Crippen LogP contribution in [0.5, 0.6) is 0 Å². The molecule has 2 rings (SSSR count). The summed E-state index contributed by atoms with van der Waals surface area (Å²) in [4.78, 5) is -0.288. The second kappa shape index (κ2) is 6.65. The van der Waals surface area contributed by atoms with Gasteiger partial charge in [-0.05, 0) is 37.4 Å². The van der Waals surface area contributed by atoms with Gasteiger partial charge in [0.1, 0.15) is 10.7 Å². The van der Waals surface area contributed by atoms with E-state index >= 15 is 0 Å². The van der Waals surface area contributed by atoms with Crippen LogP contribution in [0.1, 0.15) is 26.2 Å². The topological polar surface area (TPSA) is 58.2 Å². The average Bonchev–Trinajstić information content (AvgIpc) is 2.46. The molecule has 1 fully saturated rings. The minimum atomic E-state index is -3.79. The number of hydrogen-bond donors (Lipinski definition) is 2. The van der Waals surface area contributed by atoms with Crippen molar-refractivity contribution >= 4 is 10.0 Å². The van der Waals surface area contributed by atoms with Gasteiger partial charge in [0.2, 0.25) is 10.0 Å². The maximum absolute atomic E-state index is 13.6. The molecular weight excluding hydrogens is 279 g/mol. The molecule has 1 aromatic rings. The van der Waals surface area contributed by atoms with Gasteiger partial charge in [-0.15, -0.1) is 0 Å². The Morgan fingerprint density at radius 1 is 1.40 bits per heavy atom. The van der Waals surface area contributed by atoms with Gasteiger partial charge in [0.05, 0.1) is 0 Å². The zero-order valence-corrected chi connectivity index (χ0v) is 12.4. The molecule has 0 bridgehead atoms. The number of halogens is 1. The van der Waals surface area contributed by atoms with Crippen LogP contribution in [0.25, 0.3) is 0 Å². The second-order valence-corrected chi connectivity index (χ2v) is 6.89. The first-order chi connectivity index (χ1) is 9.54. The molecule has 1 heterocycles. The van der Waals surface area contributed by atoms with Gasteiger partial charge < -0.3 is 5.32 Å². The summed E-state index contributed by atoms with van der Waals surface area (Å²) in [5.74, 6) is -0.254. The van der Waals surface area contributed by atoms with Crippen LogP contribution < -0.4 is 10.0 Å². The third-order valence-electron chi connectivity index (χ3n) is 3.87. The van der Waals surface area contributed by atoms with E-state index in [4.69, 9.17) is 0 Å². The summed E-state index contributed by atoms with van der Waals surface area (Å²) in [6.07, 6.45) is 3.24. The van der Waals surface area contributed by atoms with Crippen molar-refractivity contribution in [3.8, 4) is 0 Å². The summed E-state index contributed by atoms with van der Waals surface area (Å²) in [6, 6.07) is 5.55. The Labute approximate surface area is 119 Å². The average molecular weight is 300 g/mol. The Morgan fingerprint density at radius 2 is 2.15 bits per heavy atom. The van der Waals surface area contributed by atoms with E-state index in [1.165, 1.54) is 18.2 Å². The molecule has 2 unspecified atom stereocenters. The van der Waals surface area contributed by atoms with Crippen LogP contribution in [-0.4, -0.2) is 27.5 Å². The SMILES string of the molecule is CCC1CCCNC1CNS(=O)(=O)c1ccccc1F. The van der Waals surface area contributed by atoms with Crippen molar-refractivity contribution in [1.29, 1.82) is 0 Å². The molecule has 0 radical (unpaired) electrons. The quantitative estimate of drug-likeness (QED) is 0.873. The zero-order valence-electron chi connectivity index (χ0n) is 11.6. The predicted molar refractivity (Wildman–Crippen MR) is 76.4 cm³/mol. The highest BCUT2D eigenvalue weighted by molar-refractivity contribution is 7.89. The van der Waals surface area contributed by atoms with Crippen LogP contribution in [0.3, 0.4) is 0 Å². The number of sulfonamides is 1. The van der Waals surface area contributed by atoms with Crippen molar-refractivity contribution in [2.45, 2.75) is 37.1 Å². The molecule has 4 nitrogen and oxygen atoms in total. The molecule has 0 saturated carbocycles. The fourth-order valence-electron chi connectivity index (χ4n) is 2.69. The standard InChI is InChI=1S/C14H21FN2O2S/c1-2-11-6-5-9-16-13(11)10-17-20(18,19)14-8-4-3-7-12(14)15/h3-4,7-8,11,13,16-17H,2,5-6,9-10H2,1H3. The van der Waals surface area contributed by atoms with E-state index in [1.54, 1.807) is 0 Å². The van der Waals surface area contributed by atoms with Crippen LogP contribution >= 0.6 is 0 Å². The number of hydrogen-bond acceptors (Lipinski definition) is 3. The van der Waals surface area contributed by atoms with Gasteiger partial charge in [0.25, 0.3) is 0 Å². The number of piperidine rings is 1. The van der Waals surface area contributed by atoms with Crippen molar-refractivity contribution in [3.05, 3.63) is 30.1 Å². The monoisotopic (exact) mass is 300 g/mol. The maximum atomic E-state index is 13.6. The molecule has 0 aliphatic carbocycles. The lowest BCUT2D eigenvalue weighted by atomic mass is 9.89. The van der Waals surface area contributed by atoms with Gasteiger partial charge in [-0.1, -0.05) is 25.5 Å². The van der Waals surface area contributed by atoms with Crippen LogP contribution in [0.15, 0.2) is 29.2 Å². The molecule has 6 heteroatoms. The van der Waals surface area contributed by atoms with Crippen LogP contribution in [-0.2, 0) is 10.0 Å². The van der Waals surface area contributed by atoms with Crippen LogP contribution in [0.2, 0.25) is 0 Å². The van der Waals surface area contributed by atoms with Gasteiger partial charge in [-0.3, -0.25) is 0 Å². The van der Waals surface area contributed by atoms with Crippen molar-refractivity contribution < 1.29 is 12.8 Å². The van der Waals surface area contributed by atoms with E-state index in [9.17, 15) is 12.8 Å². The van der Waals surface area contributed by atoms with Gasteiger partial charge in [-0.25, -0.2) is 17.5 Å². The predicted octanol–water partition coefficient (Wildman–Crippen LogP) is 1.88. The fourth-order valence-corrected chi connectivity index (χ4v) is 3.82. The smallest absolute Gasteiger partial charge is 0.243 e. The maximum Gasteiger partial charge on any atom is 0.243 e. The van der Waals surface area contributed by atoms with E-state index < -0.39 is 15.8 Å². The lowest BCUT2D eigenvalue weighted by Crippen LogP contribution is -2.48. The molecule has 1 saturated heterocycles. The van der Waals surface area contributed by atoms with Crippen LogP contribution in [0.4, 0.5) is 4.39 Å². The Bertz CT molecular complexity index is 548. The number of benzene rings is 1. The molecule has 20 heavy (non-hydrogen) atoms. The Balaban J connectivity index is 2.04. The van der Waals surface area contributed by atoms with E-state index in [2.05, 4.69) is 17.0 Å². The molecule has 1 aliphatic rings. The molecule has 112 valence electrons. The Hall–Kier alpha value is -0.980. The van der Waals surface area contributed by atoms with E-state index in [0.29, 0.717) is 12.5 Å². The van der Waals surface area contributed by atoms with E-state index in [-0.39, 0.29) is 10.9 Å². The van der Waals surface area contributed by atoms with Crippen molar-refractivity contribution in [2.24, 2.45) is 5.92 Å². The van der Waals surface area contributed by atoms with Gasteiger partial charge in [-0.2, -0.15) is 0 Å². The van der Waals surface area contributed by atoms with Gasteiger partial charge in [0, 0.05) is 12.6 Å². The number of rotatable bonds is 5. The molecule has 1 aromatic carbocycles. The Kier molecular flexibility index (Phi) is 5.12. The summed E-state index contributed by atoms with van der Waals surface area (Å²) in [7, 11) is -3.79. The first-order valence-corrected chi connectivity index (χ1v) is 8.50. The summed E-state index contributed by atoms with van der Waals surface area (Å²) in [5.41, 5.74) is 0. The molecule has 2 N–H and O–H groups in total. The molecule has 0 spiro atoms. The van der Waals surface area contributed by atoms with Crippen molar-refractivity contribution in [3.63, 3.8) is 0 Å². The third-order valence-corrected chi connectivity index (χ3v) is 5.33. The molecule has 0 aromatic heterocycles. The first-order valence-electron chi connectivity index (χ1n) is 7.02. The summed E-state index contributed by atoms with van der Waals surface area (Å²) >= 11 is 0. The van der Waals surface area contributed by atoms with Crippen molar-refractivity contribution in [1.82, 2.24) is 10.0 Å². The minimum absolute atomic E-state index is 0.121. The zero-order chi connectivity index (χ0) is 14.6. The van der Waals surface area contributed by atoms with Crippen molar-refractivity contribution in [2.75, 3.05) is 13.1 Å². The fraction of sp³-hybridized carbons (Fsp3) is 0.571. The normalized spacial score (nSPS) is 23.7. The lowest BCUT2D eigenvalue weighted by Gasteiger charge is -2.32. The highest BCUT2D eigenvalue weighted by Gasteiger charge is 2.26. The summed E-state index contributed by atoms with van der Waals surface area (Å²) < 4.78 is 40.3. The molecular formula is C14H21FN2O2S. The first kappa shape index (κ1) is 15.4. The molecule has 2 atom stereocenters. The largest absolute Gasteiger partial charge is 0.312 e. The van der Waals surface area contributed by atoms with Gasteiger partial charge >= 0.3 is 0 Å². The number of nitrogens with one attached hydrogen (secondary N) is 2. The third kappa shape index (κ3) is 3.56. The lowest BCUT2D eigenvalue weighted by molar-refractivity contribution is 0.273. The molecule has 0 amide bonds. The highest BCUT2D eigenvalue weighted by atomic mass is 32.2. The summed E-state index contributed by atoms with van der Waals surface area (Å²) in [6.45, 7) is 3.31. The Morgan fingerprint density at radius 3 is 2.85 bits per heavy atom. The molecule has 1 aliphatic heterocycles.